The zero-order valence-corrected chi connectivity index (χ0v) is 10.8. The minimum absolute atomic E-state index is 0.124. The van der Waals surface area contributed by atoms with Crippen LogP contribution < -0.4 is 5.73 Å². The molecule has 4 nitrogen and oxygen atoms in total. The molecule has 0 saturated carbocycles. The molecule has 1 aromatic heterocycles. The summed E-state index contributed by atoms with van der Waals surface area (Å²) in [5.41, 5.74) is 8.51. The molecular weight excluding hydrogens is 226 g/mol. The van der Waals surface area contributed by atoms with Gasteiger partial charge in [0.2, 0.25) is 0 Å². The molecule has 1 aliphatic heterocycles. The highest BCUT2D eigenvalue weighted by atomic mass is 16.5. The average Bonchev–Trinajstić information content (AvgIpc) is 2.61. The summed E-state index contributed by atoms with van der Waals surface area (Å²) in [7, 11) is 0. The van der Waals surface area contributed by atoms with Crippen LogP contribution in [-0.4, -0.2) is 23.2 Å². The molecular formula is C14H21N3O. The molecule has 1 fully saturated rings. The highest BCUT2D eigenvalue weighted by Gasteiger charge is 2.22. The monoisotopic (exact) mass is 247 g/mol. The van der Waals surface area contributed by atoms with E-state index in [1.54, 1.807) is 0 Å². The molecule has 3 rings (SSSR count). The van der Waals surface area contributed by atoms with Gasteiger partial charge in [-0.15, -0.1) is 0 Å². The lowest BCUT2D eigenvalue weighted by molar-refractivity contribution is 0.0779. The van der Waals surface area contributed by atoms with Crippen LogP contribution in [0.4, 0.5) is 0 Å². The summed E-state index contributed by atoms with van der Waals surface area (Å²) >= 11 is 0. The number of aromatic nitrogens is 2. The van der Waals surface area contributed by atoms with Gasteiger partial charge in [-0.05, 0) is 32.1 Å². The van der Waals surface area contributed by atoms with Crippen LogP contribution in [0.3, 0.4) is 0 Å². The Labute approximate surface area is 108 Å². The van der Waals surface area contributed by atoms with Gasteiger partial charge in [-0.1, -0.05) is 6.42 Å². The Morgan fingerprint density at radius 2 is 2.17 bits per heavy atom. The average molecular weight is 247 g/mol. The first-order valence-electron chi connectivity index (χ1n) is 7.03. The second kappa shape index (κ2) is 5.33. The van der Waals surface area contributed by atoms with Gasteiger partial charge in [-0.25, -0.2) is 9.97 Å². The van der Waals surface area contributed by atoms with Crippen LogP contribution in [0.2, 0.25) is 0 Å². The minimum Gasteiger partial charge on any atom is -0.381 e. The van der Waals surface area contributed by atoms with Crippen LogP contribution in [0.1, 0.15) is 61.1 Å². The summed E-state index contributed by atoms with van der Waals surface area (Å²) in [6, 6.07) is 0.124. The van der Waals surface area contributed by atoms with Gasteiger partial charge in [0.25, 0.3) is 0 Å². The van der Waals surface area contributed by atoms with Crippen molar-refractivity contribution in [2.75, 3.05) is 13.2 Å². The first-order chi connectivity index (χ1) is 8.84. The lowest BCUT2D eigenvalue weighted by Crippen LogP contribution is -2.20. The summed E-state index contributed by atoms with van der Waals surface area (Å²) < 4.78 is 5.52. The molecule has 0 radical (unpaired) electrons. The topological polar surface area (TPSA) is 61.0 Å². The van der Waals surface area contributed by atoms with Gasteiger partial charge in [0, 0.05) is 36.0 Å². The predicted molar refractivity (Wildman–Crippen MR) is 69.3 cm³/mol. The summed E-state index contributed by atoms with van der Waals surface area (Å²) in [6.45, 7) is 1.65. The maximum atomic E-state index is 6.17. The molecule has 18 heavy (non-hydrogen) atoms. The van der Waals surface area contributed by atoms with Crippen LogP contribution in [0, 0.1) is 0 Å². The third kappa shape index (κ3) is 2.40. The number of hydrogen-bond acceptors (Lipinski definition) is 4. The van der Waals surface area contributed by atoms with E-state index in [4.69, 9.17) is 15.5 Å². The van der Waals surface area contributed by atoms with Crippen LogP contribution in [0.15, 0.2) is 6.20 Å². The molecule has 2 N–H and O–H groups in total. The molecule has 1 aromatic rings. The molecule has 0 aromatic carbocycles. The summed E-state index contributed by atoms with van der Waals surface area (Å²) in [6.07, 6.45) is 8.71. The molecule has 2 unspecified atom stereocenters. The Hall–Kier alpha value is -1.00. The molecule has 0 spiro atoms. The summed E-state index contributed by atoms with van der Waals surface area (Å²) in [4.78, 5) is 9.31. The number of hydrogen-bond donors (Lipinski definition) is 1. The van der Waals surface area contributed by atoms with E-state index in [0.717, 1.165) is 50.3 Å². The third-order valence-electron chi connectivity index (χ3n) is 4.02. The Balaban J connectivity index is 1.87. The maximum Gasteiger partial charge on any atom is 0.133 e. The van der Waals surface area contributed by atoms with Crippen molar-refractivity contribution >= 4 is 0 Å². The van der Waals surface area contributed by atoms with Gasteiger partial charge in [0.15, 0.2) is 0 Å². The molecule has 1 aliphatic carbocycles. The van der Waals surface area contributed by atoms with Crippen LogP contribution in [0.25, 0.3) is 0 Å². The van der Waals surface area contributed by atoms with Crippen LogP contribution >= 0.6 is 0 Å². The molecule has 98 valence electrons. The lowest BCUT2D eigenvalue weighted by atomic mass is 10.0. The molecule has 2 aliphatic rings. The van der Waals surface area contributed by atoms with Crippen molar-refractivity contribution in [3.63, 3.8) is 0 Å². The van der Waals surface area contributed by atoms with Crippen molar-refractivity contribution in [3.05, 3.63) is 23.3 Å². The summed E-state index contributed by atoms with van der Waals surface area (Å²) in [5, 5.41) is 0. The standard InChI is InChI=1S/C14H21N3O/c15-12-5-1-2-6-13-11(12)8-16-14(17-13)10-4-3-7-18-9-10/h8,10,12H,1-7,9,15H2. The summed E-state index contributed by atoms with van der Waals surface area (Å²) in [5.74, 6) is 1.34. The first-order valence-corrected chi connectivity index (χ1v) is 7.03. The van der Waals surface area contributed by atoms with Gasteiger partial charge < -0.3 is 10.5 Å². The van der Waals surface area contributed by atoms with Gasteiger partial charge in [0.1, 0.15) is 5.82 Å². The molecule has 0 amide bonds. The largest absolute Gasteiger partial charge is 0.381 e. The molecule has 0 bridgehead atoms. The second-order valence-corrected chi connectivity index (χ2v) is 5.40. The lowest BCUT2D eigenvalue weighted by Gasteiger charge is -2.22. The third-order valence-corrected chi connectivity index (χ3v) is 4.02. The van der Waals surface area contributed by atoms with Crippen LogP contribution in [-0.2, 0) is 11.2 Å². The maximum absolute atomic E-state index is 6.17. The highest BCUT2D eigenvalue weighted by Crippen LogP contribution is 2.28. The van der Waals surface area contributed by atoms with Gasteiger partial charge in [0.05, 0.1) is 6.61 Å². The molecule has 2 heterocycles. The molecule has 1 saturated heterocycles. The minimum atomic E-state index is 0.124. The number of ether oxygens (including phenoxy) is 1. The van der Waals surface area contributed by atoms with Crippen molar-refractivity contribution in [1.29, 1.82) is 0 Å². The van der Waals surface area contributed by atoms with Gasteiger partial charge in [-0.3, -0.25) is 0 Å². The Bertz CT molecular complexity index is 416. The van der Waals surface area contributed by atoms with E-state index in [9.17, 15) is 0 Å². The number of nitrogens with zero attached hydrogens (tertiary/aromatic N) is 2. The predicted octanol–water partition coefficient (Wildman–Crippen LogP) is 2.10. The van der Waals surface area contributed by atoms with Crippen LogP contribution in [0.5, 0.6) is 0 Å². The van der Waals surface area contributed by atoms with Crippen molar-refractivity contribution < 1.29 is 4.74 Å². The molecule has 4 heteroatoms. The Kier molecular flexibility index (Phi) is 3.57. The van der Waals surface area contributed by atoms with E-state index in [2.05, 4.69) is 4.98 Å². The normalized spacial score (nSPS) is 28.5. The fraction of sp³-hybridized carbons (Fsp3) is 0.714. The van der Waals surface area contributed by atoms with E-state index in [1.807, 2.05) is 6.20 Å². The van der Waals surface area contributed by atoms with E-state index >= 15 is 0 Å². The number of rotatable bonds is 1. The fourth-order valence-corrected chi connectivity index (χ4v) is 2.91. The fourth-order valence-electron chi connectivity index (χ4n) is 2.91. The van der Waals surface area contributed by atoms with Crippen molar-refractivity contribution in [1.82, 2.24) is 9.97 Å². The van der Waals surface area contributed by atoms with Gasteiger partial charge in [-0.2, -0.15) is 0 Å². The number of aryl methyl sites for hydroxylation is 1. The first kappa shape index (κ1) is 12.1. The number of fused-ring (bicyclic) bond motifs is 1. The zero-order chi connectivity index (χ0) is 12.4. The van der Waals surface area contributed by atoms with E-state index in [1.165, 1.54) is 18.5 Å². The smallest absolute Gasteiger partial charge is 0.133 e. The van der Waals surface area contributed by atoms with E-state index in [-0.39, 0.29) is 6.04 Å². The Morgan fingerprint density at radius 1 is 1.22 bits per heavy atom. The quantitative estimate of drug-likeness (QED) is 0.772. The zero-order valence-electron chi connectivity index (χ0n) is 10.8. The Morgan fingerprint density at radius 3 is 3.00 bits per heavy atom. The number of nitrogens with two attached hydrogens (primary N) is 1. The van der Waals surface area contributed by atoms with Gasteiger partial charge >= 0.3 is 0 Å². The van der Waals surface area contributed by atoms with E-state index < -0.39 is 0 Å². The van der Waals surface area contributed by atoms with E-state index in [0.29, 0.717) is 5.92 Å². The van der Waals surface area contributed by atoms with Crippen molar-refractivity contribution in [2.45, 2.75) is 50.5 Å². The highest BCUT2D eigenvalue weighted by molar-refractivity contribution is 5.23. The second-order valence-electron chi connectivity index (χ2n) is 5.40. The van der Waals surface area contributed by atoms with Crippen molar-refractivity contribution in [3.8, 4) is 0 Å². The molecule has 2 atom stereocenters. The SMILES string of the molecule is NC1CCCCc2nc(C3CCCOC3)ncc21. The van der Waals surface area contributed by atoms with Crippen molar-refractivity contribution in [2.24, 2.45) is 5.73 Å².